The van der Waals surface area contributed by atoms with Gasteiger partial charge in [-0.15, -0.1) is 11.6 Å². The fourth-order valence-corrected chi connectivity index (χ4v) is 0.935. The van der Waals surface area contributed by atoms with Crippen molar-refractivity contribution in [2.75, 3.05) is 13.0 Å². The molecule has 14 heavy (non-hydrogen) atoms. The van der Waals surface area contributed by atoms with Gasteiger partial charge in [-0.3, -0.25) is 0 Å². The molecule has 0 saturated heterocycles. The Labute approximate surface area is 87.1 Å². The molecule has 0 aliphatic rings. The molecule has 0 aliphatic heterocycles. The molecule has 0 unspecified atom stereocenters. The van der Waals surface area contributed by atoms with Gasteiger partial charge in [0.15, 0.2) is 0 Å². The van der Waals surface area contributed by atoms with Gasteiger partial charge in [0.25, 0.3) is 0 Å². The van der Waals surface area contributed by atoms with Gasteiger partial charge >= 0.3 is 5.97 Å². The Morgan fingerprint density at radius 1 is 1.71 bits per heavy atom. The summed E-state index contributed by atoms with van der Waals surface area (Å²) in [5.41, 5.74) is 0.940. The van der Waals surface area contributed by atoms with E-state index < -0.39 is 5.97 Å². The molecule has 72 valence electrons. The Bertz CT molecular complexity index is 393. The van der Waals surface area contributed by atoms with E-state index in [0.29, 0.717) is 11.3 Å². The maximum Gasteiger partial charge on any atom is 0.338 e. The second-order valence-electron chi connectivity index (χ2n) is 2.36. The molecule has 3 nitrogen and oxygen atoms in total. The van der Waals surface area contributed by atoms with E-state index in [1.54, 1.807) is 12.1 Å². The van der Waals surface area contributed by atoms with Crippen molar-refractivity contribution in [1.82, 2.24) is 4.98 Å². The number of carbonyl (C=O) groups excluding carboxylic acids is 1. The Balaban J connectivity index is 2.95. The van der Waals surface area contributed by atoms with Crippen LogP contribution in [0.5, 0.6) is 0 Å². The summed E-state index contributed by atoms with van der Waals surface area (Å²) in [6.45, 7) is 0. The summed E-state index contributed by atoms with van der Waals surface area (Å²) in [6.07, 6.45) is 1.50. The monoisotopic (exact) mass is 209 g/mol. The lowest BCUT2D eigenvalue weighted by atomic mass is 10.2. The molecule has 4 heteroatoms. The number of rotatable bonds is 1. The maximum absolute atomic E-state index is 11.1. The Kier molecular flexibility index (Phi) is 3.96. The summed E-state index contributed by atoms with van der Waals surface area (Å²) >= 11 is 5.39. The molecule has 0 radical (unpaired) electrons. The van der Waals surface area contributed by atoms with Crippen LogP contribution in [-0.2, 0) is 4.74 Å². The number of hydrogen-bond acceptors (Lipinski definition) is 3. The van der Waals surface area contributed by atoms with Crippen molar-refractivity contribution in [3.05, 3.63) is 29.6 Å². The highest BCUT2D eigenvalue weighted by molar-refractivity contribution is 6.19. The van der Waals surface area contributed by atoms with Gasteiger partial charge in [0.2, 0.25) is 0 Å². The van der Waals surface area contributed by atoms with Crippen LogP contribution in [0.15, 0.2) is 18.3 Å². The molecular formula is C10H8ClNO2. The average molecular weight is 210 g/mol. The van der Waals surface area contributed by atoms with Crippen LogP contribution in [0, 0.1) is 11.8 Å². The zero-order valence-electron chi connectivity index (χ0n) is 7.58. The first-order chi connectivity index (χ1) is 6.77. The SMILES string of the molecule is COC(=O)c1ccnc(C#CCCl)c1. The van der Waals surface area contributed by atoms with Gasteiger partial charge in [0, 0.05) is 6.20 Å². The van der Waals surface area contributed by atoms with Crippen molar-refractivity contribution in [3.8, 4) is 11.8 Å². The van der Waals surface area contributed by atoms with Gasteiger partial charge in [-0.05, 0) is 18.1 Å². The van der Waals surface area contributed by atoms with Crippen molar-refractivity contribution >= 4 is 17.6 Å². The maximum atomic E-state index is 11.1. The number of esters is 1. The van der Waals surface area contributed by atoms with Crippen molar-refractivity contribution in [2.24, 2.45) is 0 Å². The van der Waals surface area contributed by atoms with Crippen LogP contribution in [0.1, 0.15) is 16.1 Å². The number of nitrogens with zero attached hydrogens (tertiary/aromatic N) is 1. The molecular weight excluding hydrogens is 202 g/mol. The average Bonchev–Trinajstić information content (AvgIpc) is 2.25. The summed E-state index contributed by atoms with van der Waals surface area (Å²) < 4.78 is 4.55. The van der Waals surface area contributed by atoms with Crippen LogP contribution in [0.25, 0.3) is 0 Å². The van der Waals surface area contributed by atoms with E-state index in [0.717, 1.165) is 0 Å². The lowest BCUT2D eigenvalue weighted by molar-refractivity contribution is 0.0600. The summed E-state index contributed by atoms with van der Waals surface area (Å²) in [7, 11) is 1.33. The number of alkyl halides is 1. The number of ether oxygens (including phenoxy) is 1. The lowest BCUT2D eigenvalue weighted by Crippen LogP contribution is -2.01. The third-order valence-corrected chi connectivity index (χ3v) is 1.60. The first kappa shape index (κ1) is 10.6. The zero-order valence-corrected chi connectivity index (χ0v) is 8.34. The number of hydrogen-bond donors (Lipinski definition) is 0. The minimum Gasteiger partial charge on any atom is -0.465 e. The predicted molar refractivity (Wildman–Crippen MR) is 53.2 cm³/mol. The van der Waals surface area contributed by atoms with Crippen LogP contribution in [0.2, 0.25) is 0 Å². The van der Waals surface area contributed by atoms with Gasteiger partial charge in [-0.1, -0.05) is 5.92 Å². The van der Waals surface area contributed by atoms with Gasteiger partial charge in [0.05, 0.1) is 18.6 Å². The molecule has 0 atom stereocenters. The van der Waals surface area contributed by atoms with Crippen LogP contribution in [0.3, 0.4) is 0 Å². The topological polar surface area (TPSA) is 39.2 Å². The third-order valence-electron chi connectivity index (χ3n) is 1.46. The largest absolute Gasteiger partial charge is 0.465 e. The normalized spacial score (nSPS) is 8.71. The Morgan fingerprint density at radius 2 is 2.50 bits per heavy atom. The van der Waals surface area contributed by atoms with E-state index >= 15 is 0 Å². The van der Waals surface area contributed by atoms with E-state index in [2.05, 4.69) is 21.6 Å². The highest BCUT2D eigenvalue weighted by Crippen LogP contribution is 2.02. The second-order valence-corrected chi connectivity index (χ2v) is 2.62. The molecule has 1 rings (SSSR count). The van der Waals surface area contributed by atoms with E-state index in [-0.39, 0.29) is 5.88 Å². The minimum absolute atomic E-state index is 0.240. The van der Waals surface area contributed by atoms with E-state index in [1.807, 2.05) is 0 Å². The Hall–Kier alpha value is -1.53. The van der Waals surface area contributed by atoms with E-state index in [9.17, 15) is 4.79 Å². The molecule has 0 spiro atoms. The molecule has 0 fully saturated rings. The third kappa shape index (κ3) is 2.75. The van der Waals surface area contributed by atoms with Crippen LogP contribution >= 0.6 is 11.6 Å². The highest BCUT2D eigenvalue weighted by Gasteiger charge is 2.04. The smallest absolute Gasteiger partial charge is 0.338 e. The molecule has 1 aromatic rings. The van der Waals surface area contributed by atoms with Crippen molar-refractivity contribution in [3.63, 3.8) is 0 Å². The predicted octanol–water partition coefficient (Wildman–Crippen LogP) is 1.46. The summed E-state index contributed by atoms with van der Waals surface area (Å²) in [5, 5.41) is 0. The molecule has 0 N–H and O–H groups in total. The molecule has 1 heterocycles. The summed E-state index contributed by atoms with van der Waals surface area (Å²) in [6, 6.07) is 3.13. The molecule has 0 amide bonds. The fourth-order valence-electron chi connectivity index (χ4n) is 0.868. The van der Waals surface area contributed by atoms with Gasteiger partial charge in [-0.25, -0.2) is 9.78 Å². The van der Waals surface area contributed by atoms with Crippen LogP contribution in [0.4, 0.5) is 0 Å². The lowest BCUT2D eigenvalue weighted by Gasteiger charge is -1.97. The molecule has 0 bridgehead atoms. The van der Waals surface area contributed by atoms with Crippen LogP contribution < -0.4 is 0 Å². The number of methoxy groups -OCH3 is 1. The fraction of sp³-hybridized carbons (Fsp3) is 0.200. The van der Waals surface area contributed by atoms with Gasteiger partial charge < -0.3 is 4.74 Å². The zero-order chi connectivity index (χ0) is 10.4. The number of halogens is 1. The first-order valence-corrected chi connectivity index (χ1v) is 4.40. The quantitative estimate of drug-likeness (QED) is 0.399. The second kappa shape index (κ2) is 5.25. The molecule has 0 aliphatic carbocycles. The molecule has 0 saturated carbocycles. The summed E-state index contributed by atoms with van der Waals surface area (Å²) in [4.78, 5) is 15.1. The van der Waals surface area contributed by atoms with Gasteiger partial charge in [0.1, 0.15) is 5.69 Å². The highest BCUT2D eigenvalue weighted by atomic mass is 35.5. The number of aromatic nitrogens is 1. The number of carbonyl (C=O) groups is 1. The van der Waals surface area contributed by atoms with E-state index in [4.69, 9.17) is 11.6 Å². The molecule has 0 aromatic carbocycles. The van der Waals surface area contributed by atoms with Crippen molar-refractivity contribution in [1.29, 1.82) is 0 Å². The van der Waals surface area contributed by atoms with Crippen molar-refractivity contribution < 1.29 is 9.53 Å². The Morgan fingerprint density at radius 3 is 3.14 bits per heavy atom. The first-order valence-electron chi connectivity index (χ1n) is 3.87. The van der Waals surface area contributed by atoms with E-state index in [1.165, 1.54) is 13.3 Å². The molecule has 1 aromatic heterocycles. The number of pyridine rings is 1. The minimum atomic E-state index is -0.402. The van der Waals surface area contributed by atoms with Gasteiger partial charge in [-0.2, -0.15) is 0 Å². The van der Waals surface area contributed by atoms with Crippen LogP contribution in [-0.4, -0.2) is 23.9 Å². The van der Waals surface area contributed by atoms with Crippen molar-refractivity contribution in [2.45, 2.75) is 0 Å². The standard InChI is InChI=1S/C10H8ClNO2/c1-14-10(13)8-4-6-12-9(7-8)3-2-5-11/h4,6-7H,5H2,1H3. The summed E-state index contributed by atoms with van der Waals surface area (Å²) in [5.74, 6) is 5.20.